The molecule has 1 N–H and O–H groups in total. The first kappa shape index (κ1) is 9.26. The third-order valence-corrected chi connectivity index (χ3v) is 1.77. The molecular weight excluding hydrogens is 198 g/mol. The smallest absolute Gasteiger partial charge is 0.472 e. The lowest BCUT2D eigenvalue weighted by atomic mass is 10.1. The number of carboxylic acid groups (broad SMARTS) is 1. The van der Waals surface area contributed by atoms with E-state index in [4.69, 9.17) is 9.52 Å². The molecule has 0 atom stereocenters. The number of rotatable bonds is 2. The fraction of sp³-hybridized carbons (Fsp3) is 0. The van der Waals surface area contributed by atoms with Gasteiger partial charge in [0, 0.05) is 17.3 Å². The van der Waals surface area contributed by atoms with E-state index in [1.165, 1.54) is 12.5 Å². The van der Waals surface area contributed by atoms with Gasteiger partial charge in [0.2, 0.25) is 0 Å². The third kappa shape index (κ3) is 2.14. The molecule has 2 aromatic rings. The van der Waals surface area contributed by atoms with E-state index in [2.05, 4.69) is 9.72 Å². The molecule has 2 rings (SSSR count). The molecule has 15 heavy (non-hydrogen) atoms. The Bertz CT molecular complexity index is 464. The van der Waals surface area contributed by atoms with Crippen molar-refractivity contribution in [1.29, 1.82) is 0 Å². The molecule has 0 unspecified atom stereocenters. The molecule has 0 saturated carbocycles. The lowest BCUT2D eigenvalue weighted by Gasteiger charge is -2.00. The van der Waals surface area contributed by atoms with E-state index < -0.39 is 6.16 Å². The molecule has 0 amide bonds. The number of carbonyl (C=O) groups is 1. The van der Waals surface area contributed by atoms with Gasteiger partial charge in [-0.2, -0.15) is 0 Å². The highest BCUT2D eigenvalue weighted by Gasteiger charge is 2.04. The minimum Gasteiger partial charge on any atom is -0.472 e. The quantitative estimate of drug-likeness (QED) is 0.762. The molecule has 0 saturated heterocycles. The maximum absolute atomic E-state index is 10.3. The summed E-state index contributed by atoms with van der Waals surface area (Å²) < 4.78 is 9.38. The van der Waals surface area contributed by atoms with Crippen molar-refractivity contribution >= 4 is 6.16 Å². The molecule has 76 valence electrons. The number of ether oxygens (including phenoxy) is 1. The van der Waals surface area contributed by atoms with Gasteiger partial charge in [-0.25, -0.2) is 4.79 Å². The van der Waals surface area contributed by atoms with Crippen molar-refractivity contribution in [2.75, 3.05) is 0 Å². The van der Waals surface area contributed by atoms with E-state index in [1.54, 1.807) is 24.6 Å². The monoisotopic (exact) mass is 205 g/mol. The van der Waals surface area contributed by atoms with E-state index in [-0.39, 0.29) is 5.75 Å². The first-order valence-electron chi connectivity index (χ1n) is 4.14. The van der Waals surface area contributed by atoms with Gasteiger partial charge in [-0.15, -0.1) is 0 Å². The fourth-order valence-corrected chi connectivity index (χ4v) is 1.16. The van der Waals surface area contributed by atoms with E-state index >= 15 is 0 Å². The van der Waals surface area contributed by atoms with Gasteiger partial charge in [0.25, 0.3) is 0 Å². The van der Waals surface area contributed by atoms with Crippen LogP contribution in [0.4, 0.5) is 4.79 Å². The second-order valence-corrected chi connectivity index (χ2v) is 2.79. The van der Waals surface area contributed by atoms with Gasteiger partial charge < -0.3 is 14.3 Å². The molecule has 0 aromatic carbocycles. The van der Waals surface area contributed by atoms with Crippen LogP contribution in [0.1, 0.15) is 0 Å². The van der Waals surface area contributed by atoms with Crippen molar-refractivity contribution in [3.8, 4) is 16.9 Å². The zero-order valence-corrected chi connectivity index (χ0v) is 7.58. The number of aromatic nitrogens is 1. The molecule has 0 radical (unpaired) electrons. The minimum atomic E-state index is -1.36. The molecule has 0 spiro atoms. The Labute approximate surface area is 84.9 Å². The first-order valence-corrected chi connectivity index (χ1v) is 4.14. The summed E-state index contributed by atoms with van der Waals surface area (Å²) in [6.07, 6.45) is 4.64. The van der Waals surface area contributed by atoms with Crippen molar-refractivity contribution in [3.05, 3.63) is 37.1 Å². The number of furan rings is 1. The van der Waals surface area contributed by atoms with Crippen LogP contribution in [-0.4, -0.2) is 16.2 Å². The Hall–Kier alpha value is -2.30. The predicted octanol–water partition coefficient (Wildman–Crippen LogP) is 2.40. The van der Waals surface area contributed by atoms with E-state index in [9.17, 15) is 4.79 Å². The van der Waals surface area contributed by atoms with Crippen LogP contribution in [0.2, 0.25) is 0 Å². The van der Waals surface area contributed by atoms with Crippen molar-refractivity contribution < 1.29 is 19.1 Å². The molecule has 0 bridgehead atoms. The maximum atomic E-state index is 10.3. The maximum Gasteiger partial charge on any atom is 0.511 e. The van der Waals surface area contributed by atoms with Crippen molar-refractivity contribution in [1.82, 2.24) is 4.98 Å². The van der Waals surface area contributed by atoms with Crippen LogP contribution in [-0.2, 0) is 0 Å². The lowest BCUT2D eigenvalue weighted by molar-refractivity contribution is 0.144. The van der Waals surface area contributed by atoms with E-state index in [1.807, 2.05) is 0 Å². The molecule has 5 heteroatoms. The molecule has 0 aliphatic carbocycles. The SMILES string of the molecule is O=C(O)Oc1cncc(-c2ccoc2)c1. The minimum absolute atomic E-state index is 0.182. The Morgan fingerprint density at radius 1 is 1.40 bits per heavy atom. The molecule has 0 fully saturated rings. The van der Waals surface area contributed by atoms with Crippen LogP contribution in [0.15, 0.2) is 41.5 Å². The molecular formula is C10H7NO4. The van der Waals surface area contributed by atoms with Gasteiger partial charge in [0.1, 0.15) is 0 Å². The average molecular weight is 205 g/mol. The van der Waals surface area contributed by atoms with Gasteiger partial charge in [0.15, 0.2) is 5.75 Å². The second-order valence-electron chi connectivity index (χ2n) is 2.79. The van der Waals surface area contributed by atoms with Gasteiger partial charge in [-0.05, 0) is 12.1 Å². The predicted molar refractivity (Wildman–Crippen MR) is 50.6 cm³/mol. The largest absolute Gasteiger partial charge is 0.511 e. The van der Waals surface area contributed by atoms with Crippen molar-refractivity contribution in [2.45, 2.75) is 0 Å². The van der Waals surface area contributed by atoms with Crippen LogP contribution < -0.4 is 4.74 Å². The van der Waals surface area contributed by atoms with E-state index in [0.29, 0.717) is 0 Å². The topological polar surface area (TPSA) is 72.6 Å². The summed E-state index contributed by atoms with van der Waals surface area (Å²) >= 11 is 0. The van der Waals surface area contributed by atoms with Gasteiger partial charge in [0.05, 0.1) is 18.7 Å². The Morgan fingerprint density at radius 2 is 2.27 bits per heavy atom. The van der Waals surface area contributed by atoms with Gasteiger partial charge in [-0.1, -0.05) is 0 Å². The summed E-state index contributed by atoms with van der Waals surface area (Å²) in [6, 6.07) is 3.33. The summed E-state index contributed by atoms with van der Waals surface area (Å²) in [5, 5.41) is 8.42. The van der Waals surface area contributed by atoms with Gasteiger partial charge >= 0.3 is 6.16 Å². The molecule has 5 nitrogen and oxygen atoms in total. The highest BCUT2D eigenvalue weighted by molar-refractivity contribution is 5.65. The van der Waals surface area contributed by atoms with E-state index in [0.717, 1.165) is 11.1 Å². The molecule has 2 heterocycles. The molecule has 0 aliphatic rings. The van der Waals surface area contributed by atoms with Crippen molar-refractivity contribution in [2.24, 2.45) is 0 Å². The summed E-state index contributed by atoms with van der Waals surface area (Å²) in [5.74, 6) is 0.182. The van der Waals surface area contributed by atoms with Crippen LogP contribution in [0.3, 0.4) is 0 Å². The number of hydrogen-bond donors (Lipinski definition) is 1. The van der Waals surface area contributed by atoms with Crippen LogP contribution in [0.25, 0.3) is 11.1 Å². The molecule has 2 aromatic heterocycles. The van der Waals surface area contributed by atoms with Crippen molar-refractivity contribution in [3.63, 3.8) is 0 Å². The standard InChI is InChI=1S/C10H7NO4/c12-10(13)15-9-3-8(4-11-5-9)7-1-2-14-6-7/h1-6H,(H,12,13). The number of pyridine rings is 1. The zero-order chi connectivity index (χ0) is 10.7. The van der Waals surface area contributed by atoms with Gasteiger partial charge in [-0.3, -0.25) is 4.98 Å². The Balaban J connectivity index is 2.31. The molecule has 0 aliphatic heterocycles. The highest BCUT2D eigenvalue weighted by atomic mass is 16.7. The first-order chi connectivity index (χ1) is 7.25. The zero-order valence-electron chi connectivity index (χ0n) is 7.58. The highest BCUT2D eigenvalue weighted by Crippen LogP contribution is 2.22. The van der Waals surface area contributed by atoms with Crippen LogP contribution in [0, 0.1) is 0 Å². The number of hydrogen-bond acceptors (Lipinski definition) is 4. The fourth-order valence-electron chi connectivity index (χ4n) is 1.16. The second kappa shape index (κ2) is 3.83. The Morgan fingerprint density at radius 3 is 2.93 bits per heavy atom. The summed E-state index contributed by atoms with van der Waals surface area (Å²) in [7, 11) is 0. The van der Waals surface area contributed by atoms with Crippen LogP contribution in [0.5, 0.6) is 5.75 Å². The summed E-state index contributed by atoms with van der Waals surface area (Å²) in [4.78, 5) is 14.2. The Kier molecular flexibility index (Phi) is 2.37. The number of nitrogens with zero attached hydrogens (tertiary/aromatic N) is 1. The third-order valence-electron chi connectivity index (χ3n) is 1.77. The average Bonchev–Trinajstić information content (AvgIpc) is 2.69. The normalized spacial score (nSPS) is 9.87. The van der Waals surface area contributed by atoms with Crippen LogP contribution >= 0.6 is 0 Å². The summed E-state index contributed by atoms with van der Waals surface area (Å²) in [6.45, 7) is 0. The summed E-state index contributed by atoms with van der Waals surface area (Å²) in [5.41, 5.74) is 1.56. The lowest BCUT2D eigenvalue weighted by Crippen LogP contribution is -2.03.